The maximum absolute atomic E-state index is 12.7. The van der Waals surface area contributed by atoms with Gasteiger partial charge in [-0.25, -0.2) is 4.98 Å². The number of para-hydroxylation sites is 2. The van der Waals surface area contributed by atoms with Crippen LogP contribution in [0.5, 0.6) is 11.5 Å². The van der Waals surface area contributed by atoms with Crippen LogP contribution in [0.25, 0.3) is 22.7 Å². The second-order valence-electron chi connectivity index (χ2n) is 5.23. The van der Waals surface area contributed by atoms with E-state index in [0.29, 0.717) is 11.0 Å². The van der Waals surface area contributed by atoms with Gasteiger partial charge in [0.25, 0.3) is 0 Å². The van der Waals surface area contributed by atoms with Crippen LogP contribution in [0, 0.1) is 11.3 Å². The van der Waals surface area contributed by atoms with E-state index in [1.165, 1.54) is 12.1 Å². The highest BCUT2D eigenvalue weighted by Gasteiger charge is 2.14. The van der Waals surface area contributed by atoms with Crippen molar-refractivity contribution in [3.05, 3.63) is 53.9 Å². The lowest BCUT2D eigenvalue weighted by Crippen LogP contribution is -2.06. The molecule has 9 heteroatoms. The molecule has 0 bridgehead atoms. The number of imidazole rings is 1. The van der Waals surface area contributed by atoms with Gasteiger partial charge in [0.05, 0.1) is 16.6 Å². The third kappa shape index (κ3) is 4.36. The molecule has 0 aliphatic heterocycles. The summed E-state index contributed by atoms with van der Waals surface area (Å²) in [4.78, 5) is 7.22. The number of H-pyrrole nitrogens is 1. The molecule has 0 saturated carbocycles. The zero-order valence-corrected chi connectivity index (χ0v) is 13.5. The van der Waals surface area contributed by atoms with Crippen LogP contribution in [-0.4, -0.2) is 23.2 Å². The minimum Gasteiger partial charge on any atom is -0.435 e. The summed E-state index contributed by atoms with van der Waals surface area (Å²) < 4.78 is 58.5. The summed E-state index contributed by atoms with van der Waals surface area (Å²) >= 11 is 0. The largest absolute Gasteiger partial charge is 0.435 e. The topological polar surface area (TPSA) is 70.9 Å². The summed E-state index contributed by atoms with van der Waals surface area (Å²) in [5.41, 5.74) is 1.44. The van der Waals surface area contributed by atoms with E-state index in [1.54, 1.807) is 24.3 Å². The Morgan fingerprint density at radius 1 is 1.07 bits per heavy atom. The maximum atomic E-state index is 12.7. The third-order valence-electron chi connectivity index (χ3n) is 3.49. The van der Waals surface area contributed by atoms with Crippen LogP contribution in [0.15, 0.2) is 42.5 Å². The Kier molecular flexibility index (Phi) is 5.26. The van der Waals surface area contributed by atoms with Gasteiger partial charge >= 0.3 is 13.2 Å². The number of rotatable bonds is 6. The summed E-state index contributed by atoms with van der Waals surface area (Å²) in [6, 6.07) is 12.3. The smallest absolute Gasteiger partial charge is 0.387 e. The van der Waals surface area contributed by atoms with Crippen LogP contribution >= 0.6 is 0 Å². The van der Waals surface area contributed by atoms with Gasteiger partial charge in [0.2, 0.25) is 0 Å². The number of alkyl halides is 4. The quantitative estimate of drug-likeness (QED) is 0.493. The maximum Gasteiger partial charge on any atom is 0.387 e. The first-order valence-corrected chi connectivity index (χ1v) is 7.57. The lowest BCUT2D eigenvalue weighted by molar-refractivity contribution is -0.0543. The average molecular weight is 377 g/mol. The van der Waals surface area contributed by atoms with Crippen molar-refractivity contribution >= 4 is 22.7 Å². The van der Waals surface area contributed by atoms with Crippen molar-refractivity contribution < 1.29 is 27.0 Å². The molecule has 1 aromatic heterocycles. The summed E-state index contributed by atoms with van der Waals surface area (Å²) in [5, 5.41) is 9.42. The number of aromatic nitrogens is 2. The fraction of sp³-hybridized carbons (Fsp3) is 0.111. The molecular weight excluding hydrogens is 366 g/mol. The highest BCUT2D eigenvalue weighted by Crippen LogP contribution is 2.30. The predicted molar refractivity (Wildman–Crippen MR) is 89.3 cm³/mol. The van der Waals surface area contributed by atoms with Crippen molar-refractivity contribution in [3.63, 3.8) is 0 Å². The molecule has 2 aromatic carbocycles. The van der Waals surface area contributed by atoms with Gasteiger partial charge in [0, 0.05) is 11.6 Å². The fourth-order valence-corrected chi connectivity index (χ4v) is 2.40. The molecule has 0 unspecified atom stereocenters. The van der Waals surface area contributed by atoms with Gasteiger partial charge < -0.3 is 14.5 Å². The van der Waals surface area contributed by atoms with Crippen molar-refractivity contribution in [1.82, 2.24) is 9.97 Å². The summed E-state index contributed by atoms with van der Waals surface area (Å²) in [5.74, 6) is -0.526. The van der Waals surface area contributed by atoms with Crippen molar-refractivity contribution in [3.8, 4) is 17.6 Å². The minimum atomic E-state index is -3.18. The van der Waals surface area contributed by atoms with Crippen LogP contribution in [0.3, 0.4) is 0 Å². The van der Waals surface area contributed by atoms with Gasteiger partial charge in [-0.3, -0.25) is 0 Å². The molecule has 0 radical (unpaired) electrons. The van der Waals surface area contributed by atoms with Crippen LogP contribution in [0.2, 0.25) is 0 Å². The molecule has 138 valence electrons. The Labute approximate surface area is 150 Å². The van der Waals surface area contributed by atoms with Crippen LogP contribution < -0.4 is 9.47 Å². The van der Waals surface area contributed by atoms with Gasteiger partial charge in [-0.15, -0.1) is 0 Å². The van der Waals surface area contributed by atoms with Gasteiger partial charge in [0.15, 0.2) is 0 Å². The molecule has 0 aliphatic rings. The summed E-state index contributed by atoms with van der Waals surface area (Å²) in [6.45, 7) is -6.30. The first kappa shape index (κ1) is 18.3. The lowest BCUT2D eigenvalue weighted by atomic mass is 10.1. The van der Waals surface area contributed by atoms with E-state index < -0.39 is 19.0 Å². The highest BCUT2D eigenvalue weighted by atomic mass is 19.3. The normalized spacial score (nSPS) is 11.8. The minimum absolute atomic E-state index is 0.0489. The first-order chi connectivity index (χ1) is 13.0. The van der Waals surface area contributed by atoms with E-state index in [0.717, 1.165) is 12.1 Å². The molecule has 1 N–H and O–H groups in total. The van der Waals surface area contributed by atoms with E-state index >= 15 is 0 Å². The molecule has 0 saturated heterocycles. The molecule has 5 nitrogen and oxygen atoms in total. The Balaban J connectivity index is 2.03. The number of hydrogen-bond acceptors (Lipinski definition) is 4. The number of fused-ring (bicyclic) bond motifs is 1. The zero-order chi connectivity index (χ0) is 19.4. The number of allylic oxidation sites excluding steroid dienone is 1. The number of nitrogens with zero attached hydrogens (tertiary/aromatic N) is 2. The van der Waals surface area contributed by atoms with Crippen molar-refractivity contribution in [1.29, 1.82) is 5.26 Å². The molecule has 0 atom stereocenters. The van der Waals surface area contributed by atoms with Crippen molar-refractivity contribution in [2.24, 2.45) is 0 Å². The van der Waals surface area contributed by atoms with Crippen LogP contribution in [0.1, 0.15) is 11.4 Å². The molecular formula is C18H11F4N3O2. The number of halogens is 4. The van der Waals surface area contributed by atoms with E-state index in [9.17, 15) is 22.8 Å². The average Bonchev–Trinajstić information content (AvgIpc) is 3.04. The van der Waals surface area contributed by atoms with E-state index in [4.69, 9.17) is 0 Å². The molecule has 0 aliphatic carbocycles. The Hall–Kier alpha value is -3.54. The third-order valence-corrected chi connectivity index (χ3v) is 3.49. The fourth-order valence-electron chi connectivity index (χ4n) is 2.40. The SMILES string of the molecule is N#C/C(=C/c1ccc(OC(F)F)cc1OC(F)F)c1nc2ccccc2[nH]1. The molecule has 0 spiro atoms. The van der Waals surface area contributed by atoms with E-state index in [2.05, 4.69) is 19.4 Å². The molecule has 0 amide bonds. The first-order valence-electron chi connectivity index (χ1n) is 7.57. The van der Waals surface area contributed by atoms with E-state index in [1.807, 2.05) is 6.07 Å². The van der Waals surface area contributed by atoms with Gasteiger partial charge in [0.1, 0.15) is 23.4 Å². The van der Waals surface area contributed by atoms with Crippen LogP contribution in [0.4, 0.5) is 17.6 Å². The van der Waals surface area contributed by atoms with Crippen molar-refractivity contribution in [2.75, 3.05) is 0 Å². The number of hydrogen-bond donors (Lipinski definition) is 1. The highest BCUT2D eigenvalue weighted by molar-refractivity contribution is 5.91. The number of aromatic amines is 1. The second kappa shape index (κ2) is 7.78. The van der Waals surface area contributed by atoms with Gasteiger partial charge in [-0.05, 0) is 30.3 Å². The zero-order valence-electron chi connectivity index (χ0n) is 13.5. The van der Waals surface area contributed by atoms with Gasteiger partial charge in [-0.1, -0.05) is 12.1 Å². The summed E-state index contributed by atoms with van der Waals surface area (Å²) in [6.07, 6.45) is 1.27. The molecule has 1 heterocycles. The van der Waals surface area contributed by atoms with Crippen LogP contribution in [-0.2, 0) is 0 Å². The Morgan fingerprint density at radius 2 is 1.81 bits per heavy atom. The van der Waals surface area contributed by atoms with Crippen molar-refractivity contribution in [2.45, 2.75) is 13.2 Å². The summed E-state index contributed by atoms with van der Waals surface area (Å²) in [7, 11) is 0. The lowest BCUT2D eigenvalue weighted by Gasteiger charge is -2.11. The monoisotopic (exact) mass is 377 g/mol. The number of nitrogens with one attached hydrogen (secondary N) is 1. The number of nitriles is 1. The molecule has 3 aromatic rings. The molecule has 27 heavy (non-hydrogen) atoms. The molecule has 3 rings (SSSR count). The molecule has 0 fully saturated rings. The predicted octanol–water partition coefficient (Wildman–Crippen LogP) is 4.83. The Morgan fingerprint density at radius 3 is 2.48 bits per heavy atom. The number of ether oxygens (including phenoxy) is 2. The Bertz CT molecular complexity index is 992. The van der Waals surface area contributed by atoms with Gasteiger partial charge in [-0.2, -0.15) is 22.8 Å². The second-order valence-corrected chi connectivity index (χ2v) is 5.23. The standard InChI is InChI=1S/C18H11F4N3O2/c19-17(20)26-12-6-5-10(15(8-12)27-18(21)22)7-11(9-23)16-24-13-3-1-2-4-14(13)25-16/h1-8,17-18H,(H,24,25)/b11-7-. The van der Waals surface area contributed by atoms with E-state index in [-0.39, 0.29) is 22.7 Å². The number of benzene rings is 2.